The third-order valence-corrected chi connectivity index (χ3v) is 2.81. The number of hydrogen-bond acceptors (Lipinski definition) is 4. The second-order valence-corrected chi connectivity index (χ2v) is 3.67. The Morgan fingerprint density at radius 2 is 1.77 bits per heavy atom. The summed E-state index contributed by atoms with van der Waals surface area (Å²) in [5, 5.41) is 0. The van der Waals surface area contributed by atoms with Crippen LogP contribution in [0.5, 0.6) is 0 Å². The smallest absolute Gasteiger partial charge is 0.317 e. The minimum atomic E-state index is -0.412. The minimum Gasteiger partial charge on any atom is -0.402 e. The van der Waals surface area contributed by atoms with Gasteiger partial charge in [0.05, 0.1) is 11.8 Å². The molecular formula is C9H11NO3. The van der Waals surface area contributed by atoms with E-state index in [4.69, 9.17) is 5.73 Å². The molecule has 0 aromatic heterocycles. The Kier molecular flexibility index (Phi) is 1.65. The van der Waals surface area contributed by atoms with Crippen molar-refractivity contribution in [2.75, 3.05) is 0 Å². The third-order valence-electron chi connectivity index (χ3n) is 2.81. The SMILES string of the molecule is CC1=C(N)CC2C(=O)OC(=O)C2C1. The summed E-state index contributed by atoms with van der Waals surface area (Å²) >= 11 is 0. The molecular weight excluding hydrogens is 170 g/mol. The molecule has 2 N–H and O–H groups in total. The first-order valence-corrected chi connectivity index (χ1v) is 4.29. The lowest BCUT2D eigenvalue weighted by Crippen LogP contribution is -2.25. The summed E-state index contributed by atoms with van der Waals surface area (Å²) in [5.41, 5.74) is 7.44. The number of rotatable bonds is 0. The Morgan fingerprint density at radius 1 is 1.23 bits per heavy atom. The zero-order valence-corrected chi connectivity index (χ0v) is 7.37. The predicted octanol–water partition coefficient (Wildman–Crippen LogP) is 0.329. The maximum atomic E-state index is 11.2. The highest BCUT2D eigenvalue weighted by Crippen LogP contribution is 2.37. The Labute approximate surface area is 75.7 Å². The topological polar surface area (TPSA) is 69.4 Å². The Balaban J connectivity index is 2.31. The molecule has 13 heavy (non-hydrogen) atoms. The fourth-order valence-electron chi connectivity index (χ4n) is 1.90. The molecule has 1 heterocycles. The maximum absolute atomic E-state index is 11.2. The highest BCUT2D eigenvalue weighted by molar-refractivity contribution is 5.97. The molecule has 2 aliphatic rings. The fourth-order valence-corrected chi connectivity index (χ4v) is 1.90. The van der Waals surface area contributed by atoms with E-state index in [-0.39, 0.29) is 17.8 Å². The van der Waals surface area contributed by atoms with Gasteiger partial charge in [0, 0.05) is 12.1 Å². The predicted molar refractivity (Wildman–Crippen MR) is 44.2 cm³/mol. The first-order valence-electron chi connectivity index (χ1n) is 4.29. The molecule has 4 heteroatoms. The Hall–Kier alpha value is -1.32. The second-order valence-electron chi connectivity index (χ2n) is 3.67. The van der Waals surface area contributed by atoms with Crippen LogP contribution in [-0.2, 0) is 14.3 Å². The van der Waals surface area contributed by atoms with Gasteiger partial charge in [0.15, 0.2) is 0 Å². The highest BCUT2D eigenvalue weighted by atomic mass is 16.6. The van der Waals surface area contributed by atoms with Crippen LogP contribution in [0.1, 0.15) is 19.8 Å². The molecule has 2 unspecified atom stereocenters. The van der Waals surface area contributed by atoms with Crippen LogP contribution in [0.4, 0.5) is 0 Å². The highest BCUT2D eigenvalue weighted by Gasteiger charge is 2.46. The fraction of sp³-hybridized carbons (Fsp3) is 0.556. The minimum absolute atomic E-state index is 0.278. The lowest BCUT2D eigenvalue weighted by atomic mass is 9.80. The number of cyclic esters (lactones) is 2. The number of hydrogen-bond donors (Lipinski definition) is 1. The van der Waals surface area contributed by atoms with Crippen molar-refractivity contribution in [2.45, 2.75) is 19.8 Å². The van der Waals surface area contributed by atoms with Crippen LogP contribution in [0, 0.1) is 11.8 Å². The van der Waals surface area contributed by atoms with Crippen LogP contribution in [0.3, 0.4) is 0 Å². The van der Waals surface area contributed by atoms with Gasteiger partial charge in [0.2, 0.25) is 0 Å². The average Bonchev–Trinajstić information content (AvgIpc) is 2.31. The van der Waals surface area contributed by atoms with Gasteiger partial charge in [-0.2, -0.15) is 0 Å². The number of carbonyl (C=O) groups is 2. The van der Waals surface area contributed by atoms with Crippen molar-refractivity contribution < 1.29 is 14.3 Å². The molecule has 1 saturated heterocycles. The van der Waals surface area contributed by atoms with Crippen molar-refractivity contribution in [2.24, 2.45) is 17.6 Å². The molecule has 2 atom stereocenters. The van der Waals surface area contributed by atoms with Gasteiger partial charge in [0.1, 0.15) is 0 Å². The van der Waals surface area contributed by atoms with E-state index >= 15 is 0 Å². The zero-order chi connectivity index (χ0) is 9.59. The molecule has 0 bridgehead atoms. The molecule has 0 saturated carbocycles. The first-order chi connectivity index (χ1) is 6.09. The van der Waals surface area contributed by atoms with Gasteiger partial charge in [-0.15, -0.1) is 0 Å². The molecule has 4 nitrogen and oxygen atoms in total. The number of nitrogens with two attached hydrogens (primary N) is 1. The molecule has 0 amide bonds. The van der Waals surface area contributed by atoms with Gasteiger partial charge >= 0.3 is 11.9 Å². The van der Waals surface area contributed by atoms with Gasteiger partial charge in [-0.3, -0.25) is 9.59 Å². The van der Waals surface area contributed by atoms with E-state index in [1.54, 1.807) is 0 Å². The van der Waals surface area contributed by atoms with Gasteiger partial charge in [0.25, 0.3) is 0 Å². The molecule has 1 aliphatic carbocycles. The van der Waals surface area contributed by atoms with Gasteiger partial charge < -0.3 is 10.5 Å². The van der Waals surface area contributed by atoms with Crippen molar-refractivity contribution >= 4 is 11.9 Å². The van der Waals surface area contributed by atoms with E-state index in [1.807, 2.05) is 6.92 Å². The van der Waals surface area contributed by atoms with Crippen LogP contribution < -0.4 is 5.73 Å². The Bertz CT molecular complexity index is 289. The lowest BCUT2D eigenvalue weighted by molar-refractivity contribution is -0.153. The van der Waals surface area contributed by atoms with Crippen molar-refractivity contribution in [1.29, 1.82) is 0 Å². The zero-order valence-electron chi connectivity index (χ0n) is 7.37. The first kappa shape index (κ1) is 8.29. The van der Waals surface area contributed by atoms with Crippen molar-refractivity contribution in [1.82, 2.24) is 0 Å². The number of esters is 2. The van der Waals surface area contributed by atoms with Crippen LogP contribution in [0.15, 0.2) is 11.3 Å². The third kappa shape index (κ3) is 1.13. The molecule has 1 aliphatic heterocycles. The number of ether oxygens (including phenoxy) is 1. The summed E-state index contributed by atoms with van der Waals surface area (Å²) in [6, 6.07) is 0. The van der Waals surface area contributed by atoms with Crippen LogP contribution >= 0.6 is 0 Å². The number of allylic oxidation sites excluding steroid dienone is 2. The molecule has 0 radical (unpaired) electrons. The molecule has 2 rings (SSSR count). The Morgan fingerprint density at radius 3 is 2.38 bits per heavy atom. The van der Waals surface area contributed by atoms with E-state index in [2.05, 4.69) is 4.74 Å². The monoisotopic (exact) mass is 181 g/mol. The number of carbonyl (C=O) groups excluding carboxylic acids is 2. The van der Waals surface area contributed by atoms with Gasteiger partial charge in [-0.05, 0) is 13.3 Å². The molecule has 0 spiro atoms. The number of fused-ring (bicyclic) bond motifs is 1. The van der Waals surface area contributed by atoms with E-state index < -0.39 is 5.97 Å². The van der Waals surface area contributed by atoms with Crippen LogP contribution in [0.25, 0.3) is 0 Å². The summed E-state index contributed by atoms with van der Waals surface area (Å²) in [6.45, 7) is 1.89. The molecule has 1 fully saturated rings. The van der Waals surface area contributed by atoms with Crippen molar-refractivity contribution in [3.05, 3.63) is 11.3 Å². The van der Waals surface area contributed by atoms with Crippen molar-refractivity contribution in [3.8, 4) is 0 Å². The lowest BCUT2D eigenvalue weighted by Gasteiger charge is -2.21. The summed E-state index contributed by atoms with van der Waals surface area (Å²) in [4.78, 5) is 22.3. The van der Waals surface area contributed by atoms with Crippen molar-refractivity contribution in [3.63, 3.8) is 0 Å². The van der Waals surface area contributed by atoms with Crippen LogP contribution in [0.2, 0.25) is 0 Å². The van der Waals surface area contributed by atoms with Gasteiger partial charge in [-0.25, -0.2) is 0 Å². The normalized spacial score (nSPS) is 33.3. The summed E-state index contributed by atoms with van der Waals surface area (Å²) in [7, 11) is 0. The largest absolute Gasteiger partial charge is 0.402 e. The van der Waals surface area contributed by atoms with E-state index in [9.17, 15) is 9.59 Å². The van der Waals surface area contributed by atoms with Crippen LogP contribution in [-0.4, -0.2) is 11.9 Å². The quantitative estimate of drug-likeness (QED) is 0.432. The molecule has 70 valence electrons. The second kappa shape index (κ2) is 2.58. The van der Waals surface area contributed by atoms with E-state index in [0.29, 0.717) is 12.8 Å². The summed E-state index contributed by atoms with van der Waals surface area (Å²) in [6.07, 6.45) is 1.04. The van der Waals surface area contributed by atoms with E-state index in [0.717, 1.165) is 11.3 Å². The van der Waals surface area contributed by atoms with Gasteiger partial charge in [-0.1, -0.05) is 5.57 Å². The summed E-state index contributed by atoms with van der Waals surface area (Å²) < 4.78 is 4.54. The maximum Gasteiger partial charge on any atom is 0.317 e. The van der Waals surface area contributed by atoms with E-state index in [1.165, 1.54) is 0 Å². The summed E-state index contributed by atoms with van der Waals surface area (Å²) in [5.74, 6) is -1.40. The molecule has 0 aromatic rings. The standard InChI is InChI=1S/C9H11NO3/c1-4-2-5-6(3-7(4)10)9(12)13-8(5)11/h5-6H,2-3,10H2,1H3. The molecule has 0 aromatic carbocycles. The average molecular weight is 181 g/mol.